The van der Waals surface area contributed by atoms with Crippen LogP contribution in [0.25, 0.3) is 0 Å². The van der Waals surface area contributed by atoms with E-state index >= 15 is 0 Å². The average Bonchev–Trinajstić information content (AvgIpc) is 3.30. The normalized spacial score (nSPS) is 14.0. The Hall–Kier alpha value is -2.36. The smallest absolute Gasteiger partial charge is 0.272 e. The van der Waals surface area contributed by atoms with Gasteiger partial charge in [-0.15, -0.1) is 0 Å². The topological polar surface area (TPSA) is 55.2 Å². The quantitative estimate of drug-likeness (QED) is 0.653. The number of hydrogen-bond acceptors (Lipinski definition) is 3. The van der Waals surface area contributed by atoms with Crippen LogP contribution in [0.5, 0.6) is 0 Å². The van der Waals surface area contributed by atoms with Gasteiger partial charge in [0.05, 0.1) is 4.92 Å². The molecule has 2 aromatic rings. The van der Waals surface area contributed by atoms with E-state index in [1.165, 1.54) is 24.0 Å². The minimum Gasteiger partial charge on any atom is -0.381 e. The largest absolute Gasteiger partial charge is 0.381 e. The fourth-order valence-electron chi connectivity index (χ4n) is 2.55. The number of nitrogens with zero attached hydrogens (tertiary/aromatic N) is 1. The van der Waals surface area contributed by atoms with Gasteiger partial charge in [0, 0.05) is 23.9 Å². The van der Waals surface area contributed by atoms with Crippen molar-refractivity contribution in [3.8, 4) is 0 Å². The first-order chi connectivity index (χ1) is 10.1. The maximum Gasteiger partial charge on any atom is 0.272 e. The molecule has 0 spiro atoms. The summed E-state index contributed by atoms with van der Waals surface area (Å²) in [7, 11) is 0. The van der Waals surface area contributed by atoms with Crippen molar-refractivity contribution in [3.63, 3.8) is 0 Å². The minimum atomic E-state index is -0.349. The van der Waals surface area contributed by atoms with Crippen molar-refractivity contribution in [1.29, 1.82) is 0 Å². The second-order valence-corrected chi connectivity index (χ2v) is 5.63. The summed E-state index contributed by atoms with van der Waals surface area (Å²) in [4.78, 5) is 10.5. The van der Waals surface area contributed by atoms with Gasteiger partial charge in [0.1, 0.15) is 0 Å². The molecule has 1 fully saturated rings. The highest BCUT2D eigenvalue weighted by atomic mass is 16.6. The van der Waals surface area contributed by atoms with Gasteiger partial charge in [-0.3, -0.25) is 10.1 Å². The van der Waals surface area contributed by atoms with Crippen molar-refractivity contribution in [2.45, 2.75) is 32.2 Å². The summed E-state index contributed by atoms with van der Waals surface area (Å²) in [5.41, 5.74) is 4.42. The number of benzene rings is 2. The fraction of sp³-hybridized carbons (Fsp3) is 0.294. The molecule has 3 rings (SSSR count). The van der Waals surface area contributed by atoms with Crippen LogP contribution in [-0.4, -0.2) is 4.92 Å². The van der Waals surface area contributed by atoms with Gasteiger partial charge in [-0.1, -0.05) is 24.3 Å². The van der Waals surface area contributed by atoms with E-state index < -0.39 is 0 Å². The van der Waals surface area contributed by atoms with Gasteiger partial charge in [-0.05, 0) is 48.9 Å². The van der Waals surface area contributed by atoms with Gasteiger partial charge in [0.2, 0.25) is 0 Å². The Labute approximate surface area is 124 Å². The second-order valence-electron chi connectivity index (χ2n) is 5.63. The zero-order valence-corrected chi connectivity index (χ0v) is 12.0. The number of nitro groups is 1. The SMILES string of the molecule is Cc1cc(NCc2cccc(C3CC3)c2)ccc1[N+](=O)[O-]. The average molecular weight is 282 g/mol. The van der Waals surface area contributed by atoms with E-state index in [1.807, 2.05) is 6.07 Å². The molecule has 108 valence electrons. The van der Waals surface area contributed by atoms with Gasteiger partial charge in [-0.2, -0.15) is 0 Å². The maximum absolute atomic E-state index is 10.8. The Kier molecular flexibility index (Phi) is 3.60. The molecule has 4 nitrogen and oxygen atoms in total. The second kappa shape index (κ2) is 5.56. The molecule has 1 N–H and O–H groups in total. The van der Waals surface area contributed by atoms with Crippen molar-refractivity contribution >= 4 is 11.4 Å². The van der Waals surface area contributed by atoms with Crippen LogP contribution in [0.1, 0.15) is 35.4 Å². The van der Waals surface area contributed by atoms with Crippen LogP contribution < -0.4 is 5.32 Å². The maximum atomic E-state index is 10.8. The van der Waals surface area contributed by atoms with Crippen LogP contribution in [0, 0.1) is 17.0 Å². The Morgan fingerprint density at radius 2 is 2.05 bits per heavy atom. The number of nitrogens with one attached hydrogen (secondary N) is 1. The van der Waals surface area contributed by atoms with Crippen molar-refractivity contribution in [3.05, 3.63) is 69.3 Å². The molecule has 1 aliphatic rings. The third-order valence-corrected chi connectivity index (χ3v) is 3.89. The first-order valence-electron chi connectivity index (χ1n) is 7.21. The van der Waals surface area contributed by atoms with E-state index in [0.29, 0.717) is 5.56 Å². The standard InChI is InChI=1S/C17H18N2O2/c1-12-9-16(7-8-17(12)19(20)21)18-11-13-3-2-4-15(10-13)14-5-6-14/h2-4,7-10,14,18H,5-6,11H2,1H3. The third kappa shape index (κ3) is 3.21. The molecule has 21 heavy (non-hydrogen) atoms. The van der Waals surface area contributed by atoms with E-state index in [0.717, 1.165) is 18.2 Å². The highest BCUT2D eigenvalue weighted by molar-refractivity contribution is 5.53. The Morgan fingerprint density at radius 3 is 2.71 bits per heavy atom. The van der Waals surface area contributed by atoms with Crippen molar-refractivity contribution in [1.82, 2.24) is 0 Å². The Bertz CT molecular complexity index is 678. The molecule has 0 saturated heterocycles. The monoisotopic (exact) mass is 282 g/mol. The first-order valence-corrected chi connectivity index (χ1v) is 7.21. The van der Waals surface area contributed by atoms with E-state index in [1.54, 1.807) is 19.1 Å². The van der Waals surface area contributed by atoms with Crippen LogP contribution in [0.2, 0.25) is 0 Å². The van der Waals surface area contributed by atoms with Crippen molar-refractivity contribution in [2.24, 2.45) is 0 Å². The molecular weight excluding hydrogens is 264 g/mol. The lowest BCUT2D eigenvalue weighted by molar-refractivity contribution is -0.385. The molecule has 0 heterocycles. The summed E-state index contributed by atoms with van der Waals surface area (Å²) in [5, 5.41) is 14.1. The number of rotatable bonds is 5. The summed E-state index contributed by atoms with van der Waals surface area (Å²) in [5.74, 6) is 0.756. The highest BCUT2D eigenvalue weighted by Gasteiger charge is 2.23. The predicted octanol–water partition coefficient (Wildman–Crippen LogP) is 4.39. The first kappa shape index (κ1) is 13.6. The molecule has 1 saturated carbocycles. The van der Waals surface area contributed by atoms with Crippen LogP contribution in [0.4, 0.5) is 11.4 Å². The summed E-state index contributed by atoms with van der Waals surface area (Å²) >= 11 is 0. The minimum absolute atomic E-state index is 0.163. The molecule has 0 unspecified atom stereocenters. The molecule has 4 heteroatoms. The molecule has 2 aromatic carbocycles. The van der Waals surface area contributed by atoms with E-state index in [4.69, 9.17) is 0 Å². The third-order valence-electron chi connectivity index (χ3n) is 3.89. The van der Waals surface area contributed by atoms with E-state index in [2.05, 4.69) is 29.6 Å². The summed E-state index contributed by atoms with van der Waals surface area (Å²) in [6, 6.07) is 13.8. The summed E-state index contributed by atoms with van der Waals surface area (Å²) < 4.78 is 0. The predicted molar refractivity (Wildman–Crippen MR) is 83.6 cm³/mol. The number of hydrogen-bond donors (Lipinski definition) is 1. The van der Waals surface area contributed by atoms with Gasteiger partial charge in [0.25, 0.3) is 5.69 Å². The highest BCUT2D eigenvalue weighted by Crippen LogP contribution is 2.40. The van der Waals surface area contributed by atoms with Gasteiger partial charge in [-0.25, -0.2) is 0 Å². The molecule has 1 aliphatic carbocycles. The number of aryl methyl sites for hydroxylation is 1. The van der Waals surface area contributed by atoms with Crippen LogP contribution in [-0.2, 0) is 6.54 Å². The molecule has 0 bridgehead atoms. The molecule has 0 aromatic heterocycles. The fourth-order valence-corrected chi connectivity index (χ4v) is 2.55. The van der Waals surface area contributed by atoms with E-state index in [9.17, 15) is 10.1 Å². The lowest BCUT2D eigenvalue weighted by Crippen LogP contribution is -2.01. The lowest BCUT2D eigenvalue weighted by atomic mass is 10.1. The van der Waals surface area contributed by atoms with Crippen molar-refractivity contribution < 1.29 is 4.92 Å². The zero-order valence-electron chi connectivity index (χ0n) is 12.0. The van der Waals surface area contributed by atoms with Crippen molar-refractivity contribution in [2.75, 3.05) is 5.32 Å². The molecule has 0 radical (unpaired) electrons. The molecular formula is C17H18N2O2. The zero-order chi connectivity index (χ0) is 14.8. The molecule has 0 atom stereocenters. The van der Waals surface area contributed by atoms with E-state index in [-0.39, 0.29) is 10.6 Å². The van der Waals surface area contributed by atoms with Crippen LogP contribution in [0.15, 0.2) is 42.5 Å². The molecule has 0 amide bonds. The number of nitro benzene ring substituents is 1. The Morgan fingerprint density at radius 1 is 1.24 bits per heavy atom. The van der Waals surface area contributed by atoms with Gasteiger partial charge in [0.15, 0.2) is 0 Å². The summed E-state index contributed by atoms with van der Waals surface area (Å²) in [6.07, 6.45) is 2.61. The van der Waals surface area contributed by atoms with Crippen LogP contribution >= 0.6 is 0 Å². The lowest BCUT2D eigenvalue weighted by Gasteiger charge is -2.09. The van der Waals surface area contributed by atoms with Gasteiger partial charge < -0.3 is 5.32 Å². The molecule has 0 aliphatic heterocycles. The van der Waals surface area contributed by atoms with Gasteiger partial charge >= 0.3 is 0 Å². The Balaban J connectivity index is 1.68. The number of anilines is 1. The summed E-state index contributed by atoms with van der Waals surface area (Å²) in [6.45, 7) is 2.49. The van der Waals surface area contributed by atoms with Crippen LogP contribution in [0.3, 0.4) is 0 Å².